The second-order valence-corrected chi connectivity index (χ2v) is 9.94. The van der Waals surface area contributed by atoms with Crippen molar-refractivity contribution in [2.24, 2.45) is 0 Å². The fourth-order valence-corrected chi connectivity index (χ4v) is 4.41. The molecular formula is C29H24N4O8S. The lowest BCUT2D eigenvalue weighted by Gasteiger charge is -2.13. The van der Waals surface area contributed by atoms with E-state index in [1.54, 1.807) is 41.8 Å². The number of anilines is 1. The minimum Gasteiger partial charge on any atom is -0.481 e. The number of carboxylic acids is 2. The van der Waals surface area contributed by atoms with Gasteiger partial charge in [-0.3, -0.25) is 24.0 Å². The van der Waals surface area contributed by atoms with Gasteiger partial charge in [0.05, 0.1) is 4.88 Å². The second kappa shape index (κ2) is 13.2. The molecule has 4 aromatic rings. The molecule has 0 bridgehead atoms. The molecule has 0 fully saturated rings. The van der Waals surface area contributed by atoms with Crippen molar-refractivity contribution in [3.63, 3.8) is 0 Å². The number of aromatic nitrogens is 2. The predicted octanol–water partition coefficient (Wildman–Crippen LogP) is 1.08. The number of aromatic amines is 2. The molecule has 0 spiro atoms. The second-order valence-electron chi connectivity index (χ2n) is 9.00. The zero-order valence-corrected chi connectivity index (χ0v) is 22.6. The molecule has 0 radical (unpaired) electrons. The number of benzene rings is 2. The van der Waals surface area contributed by atoms with Crippen LogP contribution in [0.5, 0.6) is 0 Å². The molecule has 0 aliphatic carbocycles. The number of hydrogen-bond donors (Lipinski definition) is 6. The Morgan fingerprint density at radius 3 is 1.88 bits per heavy atom. The number of carbonyl (C=O) groups excluding carboxylic acids is 2. The van der Waals surface area contributed by atoms with Gasteiger partial charge >= 0.3 is 11.9 Å². The average Bonchev–Trinajstić information content (AvgIpc) is 3.50. The third-order valence-electron chi connectivity index (χ3n) is 5.94. The molecule has 42 heavy (non-hydrogen) atoms. The third-order valence-corrected chi connectivity index (χ3v) is 6.81. The van der Waals surface area contributed by atoms with Crippen LogP contribution in [0.3, 0.4) is 0 Å². The normalized spacial score (nSPS) is 12.5. The number of hydrogen-bond acceptors (Lipinski definition) is 7. The highest BCUT2D eigenvalue weighted by Crippen LogP contribution is 2.14. The number of aliphatic carboxylic acids is 2. The first-order valence-corrected chi connectivity index (χ1v) is 13.3. The molecule has 2 aromatic carbocycles. The molecule has 0 aliphatic heterocycles. The standard InChI is InChI=1S/C29H24N4O8S/c34-24(35)12-11-20(29(40)41)31-25(36)18-7-3-16(4-8-18)14-21-26(37)33-22(27(38)32-21)15-17-5-9-19(10-6-17)30-28(39)23-2-1-13-42-23/h1-10,13-15,20H,11-12H2,(H,30,39)(H,31,36)(H,32,38)(H,33,37)(H,34,35)(H,40,41)/b21-14-,22-15-. The summed E-state index contributed by atoms with van der Waals surface area (Å²) in [5.74, 6) is -3.47. The zero-order chi connectivity index (χ0) is 30.2. The lowest BCUT2D eigenvalue weighted by atomic mass is 10.1. The molecule has 13 heteroatoms. The number of amides is 2. The molecule has 12 nitrogen and oxygen atoms in total. The molecule has 0 aliphatic rings. The van der Waals surface area contributed by atoms with Crippen molar-refractivity contribution in [2.75, 3.05) is 5.32 Å². The predicted molar refractivity (Wildman–Crippen MR) is 155 cm³/mol. The van der Waals surface area contributed by atoms with E-state index < -0.39 is 41.4 Å². The van der Waals surface area contributed by atoms with Crippen molar-refractivity contribution >= 4 is 52.9 Å². The first-order valence-electron chi connectivity index (χ1n) is 12.5. The molecule has 2 aromatic heterocycles. The molecule has 0 saturated carbocycles. The minimum atomic E-state index is -1.37. The number of nitrogens with one attached hydrogen (secondary N) is 4. The average molecular weight is 589 g/mol. The molecule has 1 atom stereocenters. The van der Waals surface area contributed by atoms with Crippen molar-refractivity contribution < 1.29 is 29.4 Å². The number of carboxylic acid groups (broad SMARTS) is 2. The van der Waals surface area contributed by atoms with Gasteiger partial charge in [0.15, 0.2) is 0 Å². The number of H-pyrrole nitrogens is 2. The fraction of sp³-hybridized carbons (Fsp3) is 0.103. The van der Waals surface area contributed by atoms with Gasteiger partial charge in [0.2, 0.25) is 0 Å². The van der Waals surface area contributed by atoms with Crippen LogP contribution in [0.4, 0.5) is 5.69 Å². The largest absolute Gasteiger partial charge is 0.481 e. The highest BCUT2D eigenvalue weighted by Gasteiger charge is 2.21. The summed E-state index contributed by atoms with van der Waals surface area (Å²) in [7, 11) is 0. The van der Waals surface area contributed by atoms with E-state index in [0.717, 1.165) is 0 Å². The van der Waals surface area contributed by atoms with E-state index in [2.05, 4.69) is 20.6 Å². The van der Waals surface area contributed by atoms with Crippen LogP contribution in [0.1, 0.15) is 44.0 Å². The molecule has 2 heterocycles. The SMILES string of the molecule is O=C(O)CCC(NC(=O)c1ccc(/C=c2\[nH]c(=O)/c(=C/c3ccc(NC(=O)c4cccs4)cc3)[nH]c2=O)cc1)C(=O)O. The van der Waals surface area contributed by atoms with E-state index in [0.29, 0.717) is 21.7 Å². The van der Waals surface area contributed by atoms with Gasteiger partial charge < -0.3 is 30.8 Å². The molecule has 1 unspecified atom stereocenters. The lowest BCUT2D eigenvalue weighted by Crippen LogP contribution is -2.46. The van der Waals surface area contributed by atoms with Crippen molar-refractivity contribution in [3.05, 3.63) is 119 Å². The third kappa shape index (κ3) is 7.76. The van der Waals surface area contributed by atoms with Crippen LogP contribution in [-0.4, -0.2) is 50.0 Å². The summed E-state index contributed by atoms with van der Waals surface area (Å²) in [6.45, 7) is 0. The number of carbonyl (C=O) groups is 4. The lowest BCUT2D eigenvalue weighted by molar-refractivity contribution is -0.140. The highest BCUT2D eigenvalue weighted by molar-refractivity contribution is 7.12. The topological polar surface area (TPSA) is 199 Å². The Balaban J connectivity index is 1.48. The van der Waals surface area contributed by atoms with E-state index >= 15 is 0 Å². The van der Waals surface area contributed by atoms with Gasteiger partial charge in [-0.15, -0.1) is 11.3 Å². The van der Waals surface area contributed by atoms with Gasteiger partial charge in [-0.25, -0.2) is 4.79 Å². The Kier molecular flexibility index (Phi) is 9.24. The summed E-state index contributed by atoms with van der Waals surface area (Å²) in [5.41, 5.74) is 0.673. The van der Waals surface area contributed by atoms with Crippen LogP contribution in [-0.2, 0) is 9.59 Å². The summed E-state index contributed by atoms with van der Waals surface area (Å²) in [6, 6.07) is 14.6. The van der Waals surface area contributed by atoms with Gasteiger partial charge in [0, 0.05) is 17.7 Å². The van der Waals surface area contributed by atoms with Crippen LogP contribution in [0.2, 0.25) is 0 Å². The number of thiophene rings is 1. The van der Waals surface area contributed by atoms with Crippen molar-refractivity contribution in [3.8, 4) is 0 Å². The van der Waals surface area contributed by atoms with Crippen LogP contribution >= 0.6 is 11.3 Å². The molecular weight excluding hydrogens is 564 g/mol. The van der Waals surface area contributed by atoms with Crippen LogP contribution < -0.4 is 32.5 Å². The maximum Gasteiger partial charge on any atom is 0.326 e. The Labute approximate surface area is 240 Å². The Morgan fingerprint density at radius 1 is 0.810 bits per heavy atom. The highest BCUT2D eigenvalue weighted by atomic mass is 32.1. The Bertz CT molecular complexity index is 1860. The Morgan fingerprint density at radius 2 is 1.38 bits per heavy atom. The molecule has 6 N–H and O–H groups in total. The van der Waals surface area contributed by atoms with Crippen molar-refractivity contribution in [2.45, 2.75) is 18.9 Å². The quantitative estimate of drug-likeness (QED) is 0.158. The monoisotopic (exact) mass is 588 g/mol. The fourth-order valence-electron chi connectivity index (χ4n) is 3.79. The Hall–Kier alpha value is -5.56. The van der Waals surface area contributed by atoms with Gasteiger partial charge in [-0.1, -0.05) is 30.3 Å². The summed E-state index contributed by atoms with van der Waals surface area (Å²) < 4.78 is 0. The first-order chi connectivity index (χ1) is 20.1. The van der Waals surface area contributed by atoms with Crippen molar-refractivity contribution in [1.82, 2.24) is 15.3 Å². The summed E-state index contributed by atoms with van der Waals surface area (Å²) in [6.07, 6.45) is 2.20. The number of rotatable bonds is 10. The van der Waals surface area contributed by atoms with Crippen LogP contribution in [0, 0.1) is 0 Å². The molecule has 214 valence electrons. The van der Waals surface area contributed by atoms with E-state index in [4.69, 9.17) is 5.11 Å². The smallest absolute Gasteiger partial charge is 0.326 e. The summed E-state index contributed by atoms with van der Waals surface area (Å²) in [4.78, 5) is 77.6. The molecule has 2 amide bonds. The zero-order valence-electron chi connectivity index (χ0n) is 21.7. The van der Waals surface area contributed by atoms with E-state index in [1.165, 1.54) is 47.8 Å². The van der Waals surface area contributed by atoms with Gasteiger partial charge in [0.25, 0.3) is 22.9 Å². The first kappa shape index (κ1) is 29.4. The maximum atomic E-state index is 12.7. The maximum absolute atomic E-state index is 12.7. The van der Waals surface area contributed by atoms with E-state index in [9.17, 15) is 33.9 Å². The summed E-state index contributed by atoms with van der Waals surface area (Å²) in [5, 5.41) is 24.8. The summed E-state index contributed by atoms with van der Waals surface area (Å²) >= 11 is 1.32. The minimum absolute atomic E-state index is 0.0235. The van der Waals surface area contributed by atoms with Gasteiger partial charge in [-0.05, 0) is 65.4 Å². The van der Waals surface area contributed by atoms with Crippen LogP contribution in [0.15, 0.2) is 75.6 Å². The van der Waals surface area contributed by atoms with Crippen LogP contribution in [0.25, 0.3) is 12.2 Å². The van der Waals surface area contributed by atoms with Gasteiger partial charge in [-0.2, -0.15) is 0 Å². The van der Waals surface area contributed by atoms with E-state index in [-0.39, 0.29) is 28.6 Å². The molecule has 4 rings (SSSR count). The van der Waals surface area contributed by atoms with Gasteiger partial charge in [0.1, 0.15) is 16.7 Å². The van der Waals surface area contributed by atoms with Crippen molar-refractivity contribution in [1.29, 1.82) is 0 Å². The van der Waals surface area contributed by atoms with E-state index in [1.807, 2.05) is 0 Å². The molecule has 0 saturated heterocycles.